The number of hydrogen-bond acceptors (Lipinski definition) is 5. The van der Waals surface area contributed by atoms with Gasteiger partial charge in [0.1, 0.15) is 4.21 Å². The number of carbonyl (C=O) groups excluding carboxylic acids is 1. The van der Waals surface area contributed by atoms with Gasteiger partial charge in [-0.2, -0.15) is 4.31 Å². The van der Waals surface area contributed by atoms with Crippen LogP contribution in [0.1, 0.15) is 4.88 Å². The number of hydrogen-bond donors (Lipinski definition) is 1. The largest absolute Gasteiger partial charge is 0.339 e. The average molecular weight is 317 g/mol. The number of sulfonamides is 1. The summed E-state index contributed by atoms with van der Waals surface area (Å²) in [6.07, 6.45) is 0. The molecule has 6 nitrogen and oxygen atoms in total. The van der Waals surface area contributed by atoms with Crippen LogP contribution in [0.4, 0.5) is 0 Å². The van der Waals surface area contributed by atoms with Crippen LogP contribution in [0.15, 0.2) is 16.3 Å². The average Bonchev–Trinajstić information content (AvgIpc) is 2.87. The van der Waals surface area contributed by atoms with Gasteiger partial charge in [0, 0.05) is 38.1 Å². The van der Waals surface area contributed by atoms with Gasteiger partial charge in [-0.15, -0.1) is 11.3 Å². The van der Waals surface area contributed by atoms with Crippen molar-refractivity contribution in [1.29, 1.82) is 0 Å². The van der Waals surface area contributed by atoms with Crippen LogP contribution < -0.4 is 5.32 Å². The molecular formula is C12H19N3O3S2. The molecule has 0 bridgehead atoms. The third-order valence-corrected chi connectivity index (χ3v) is 6.48. The van der Waals surface area contributed by atoms with Crippen LogP contribution in [0.2, 0.25) is 0 Å². The van der Waals surface area contributed by atoms with E-state index in [4.69, 9.17) is 0 Å². The van der Waals surface area contributed by atoms with Crippen molar-refractivity contribution in [3.63, 3.8) is 0 Å². The highest BCUT2D eigenvalue weighted by Crippen LogP contribution is 2.23. The zero-order valence-electron chi connectivity index (χ0n) is 11.6. The van der Waals surface area contributed by atoms with Gasteiger partial charge in [0.2, 0.25) is 5.91 Å². The predicted octanol–water partition coefficient (Wildman–Crippen LogP) is 0.109. The Morgan fingerprint density at radius 3 is 2.60 bits per heavy atom. The monoisotopic (exact) mass is 317 g/mol. The maximum Gasteiger partial charge on any atom is 0.252 e. The molecule has 1 aromatic rings. The van der Waals surface area contributed by atoms with E-state index in [0.717, 1.165) is 22.3 Å². The van der Waals surface area contributed by atoms with Gasteiger partial charge < -0.3 is 10.2 Å². The molecule has 1 aromatic heterocycles. The molecule has 0 radical (unpaired) electrons. The summed E-state index contributed by atoms with van der Waals surface area (Å²) in [7, 11) is -2.11. The van der Waals surface area contributed by atoms with E-state index in [9.17, 15) is 13.2 Å². The summed E-state index contributed by atoms with van der Waals surface area (Å²) >= 11 is 1.22. The van der Waals surface area contributed by atoms with Gasteiger partial charge in [-0.3, -0.25) is 4.79 Å². The molecule has 0 saturated carbocycles. The van der Waals surface area contributed by atoms with E-state index in [1.54, 1.807) is 17.0 Å². The summed E-state index contributed by atoms with van der Waals surface area (Å²) < 4.78 is 26.0. The van der Waals surface area contributed by atoms with E-state index in [2.05, 4.69) is 5.32 Å². The highest BCUT2D eigenvalue weighted by atomic mass is 32.2. The Labute approximate surface area is 123 Å². The second-order valence-corrected chi connectivity index (χ2v) is 8.32. The van der Waals surface area contributed by atoms with Gasteiger partial charge in [-0.05, 0) is 19.1 Å². The minimum absolute atomic E-state index is 0.112. The summed E-state index contributed by atoms with van der Waals surface area (Å²) in [5.41, 5.74) is 0. The number of nitrogens with zero attached hydrogens (tertiary/aromatic N) is 2. The number of rotatable bonds is 4. The first-order chi connectivity index (χ1) is 9.41. The van der Waals surface area contributed by atoms with Gasteiger partial charge in [-0.25, -0.2) is 8.42 Å². The maximum atomic E-state index is 12.3. The molecule has 1 N–H and O–H groups in total. The minimum atomic E-state index is -3.56. The van der Waals surface area contributed by atoms with E-state index in [0.29, 0.717) is 13.1 Å². The molecule has 0 unspecified atom stereocenters. The molecule has 0 atom stereocenters. The van der Waals surface area contributed by atoms with Crippen LogP contribution in [0.5, 0.6) is 0 Å². The van der Waals surface area contributed by atoms with Crippen molar-refractivity contribution in [3.05, 3.63) is 17.0 Å². The third kappa shape index (κ3) is 3.38. The molecule has 1 saturated heterocycles. The molecule has 1 fully saturated rings. The van der Waals surface area contributed by atoms with Crippen LogP contribution in [0, 0.1) is 6.92 Å². The standard InChI is InChI=1S/C12H19N3O3S2/c1-10-3-4-12(19-10)20(17,18)14(2)9-11(16)15-7-5-13-6-8-15/h3-4,13H,5-9H2,1-2H3. The SMILES string of the molecule is Cc1ccc(S(=O)(=O)N(C)CC(=O)N2CCNCC2)s1. The Balaban J connectivity index is 2.03. The number of amides is 1. The normalized spacial score (nSPS) is 16.6. The second-order valence-electron chi connectivity index (χ2n) is 4.76. The van der Waals surface area contributed by atoms with Gasteiger partial charge in [0.05, 0.1) is 6.54 Å². The van der Waals surface area contributed by atoms with Gasteiger partial charge >= 0.3 is 0 Å². The Morgan fingerprint density at radius 2 is 2.05 bits per heavy atom. The fourth-order valence-electron chi connectivity index (χ4n) is 1.99. The van der Waals surface area contributed by atoms with Crippen LogP contribution in [-0.2, 0) is 14.8 Å². The van der Waals surface area contributed by atoms with Gasteiger partial charge in [0.15, 0.2) is 0 Å². The molecule has 112 valence electrons. The summed E-state index contributed by atoms with van der Waals surface area (Å²) in [5, 5.41) is 3.16. The van der Waals surface area contributed by atoms with Crippen LogP contribution in [-0.4, -0.2) is 63.3 Å². The second kappa shape index (κ2) is 6.21. The summed E-state index contributed by atoms with van der Waals surface area (Å²) in [6, 6.07) is 3.35. The van der Waals surface area contributed by atoms with Crippen molar-refractivity contribution < 1.29 is 13.2 Å². The minimum Gasteiger partial charge on any atom is -0.339 e. The van der Waals surface area contributed by atoms with E-state index in [-0.39, 0.29) is 16.7 Å². The fourth-order valence-corrected chi connectivity index (χ4v) is 4.61. The van der Waals surface area contributed by atoms with Gasteiger partial charge in [0.25, 0.3) is 10.0 Å². The predicted molar refractivity (Wildman–Crippen MR) is 78.3 cm³/mol. The molecule has 2 heterocycles. The quantitative estimate of drug-likeness (QED) is 0.856. The molecule has 8 heteroatoms. The smallest absolute Gasteiger partial charge is 0.252 e. The molecule has 1 aliphatic rings. The van der Waals surface area contributed by atoms with Crippen molar-refractivity contribution in [1.82, 2.24) is 14.5 Å². The maximum absolute atomic E-state index is 12.3. The van der Waals surface area contributed by atoms with Gasteiger partial charge in [-0.1, -0.05) is 0 Å². The number of likely N-dealkylation sites (N-methyl/N-ethyl adjacent to an activating group) is 1. The zero-order chi connectivity index (χ0) is 14.8. The molecule has 1 aliphatic heterocycles. The Kier molecular flexibility index (Phi) is 4.79. The Morgan fingerprint density at radius 1 is 1.40 bits per heavy atom. The number of piperazine rings is 1. The molecule has 0 aromatic carbocycles. The molecule has 1 amide bonds. The van der Waals surface area contributed by atoms with Crippen LogP contribution in [0.3, 0.4) is 0 Å². The first-order valence-corrected chi connectivity index (χ1v) is 8.68. The van der Waals surface area contributed by atoms with E-state index in [1.807, 2.05) is 6.92 Å². The lowest BCUT2D eigenvalue weighted by Crippen LogP contribution is -2.49. The fraction of sp³-hybridized carbons (Fsp3) is 0.583. The first kappa shape index (κ1) is 15.4. The van der Waals surface area contributed by atoms with Crippen LogP contribution in [0.25, 0.3) is 0 Å². The van der Waals surface area contributed by atoms with E-state index < -0.39 is 10.0 Å². The zero-order valence-corrected chi connectivity index (χ0v) is 13.3. The molecule has 2 rings (SSSR count). The van der Waals surface area contributed by atoms with Crippen molar-refractivity contribution in [2.45, 2.75) is 11.1 Å². The number of nitrogens with one attached hydrogen (secondary N) is 1. The summed E-state index contributed by atoms with van der Waals surface area (Å²) in [5.74, 6) is -0.147. The molecule has 0 spiro atoms. The highest BCUT2D eigenvalue weighted by Gasteiger charge is 2.26. The van der Waals surface area contributed by atoms with E-state index in [1.165, 1.54) is 18.4 Å². The third-order valence-electron chi connectivity index (χ3n) is 3.21. The summed E-state index contributed by atoms with van der Waals surface area (Å²) in [4.78, 5) is 14.7. The number of thiophene rings is 1. The van der Waals surface area contributed by atoms with Crippen LogP contribution >= 0.6 is 11.3 Å². The highest BCUT2D eigenvalue weighted by molar-refractivity contribution is 7.91. The lowest BCUT2D eigenvalue weighted by Gasteiger charge is -2.28. The lowest BCUT2D eigenvalue weighted by molar-refractivity contribution is -0.131. The van der Waals surface area contributed by atoms with Crippen molar-refractivity contribution >= 4 is 27.3 Å². The lowest BCUT2D eigenvalue weighted by atomic mass is 10.3. The Bertz CT molecular complexity index is 577. The van der Waals surface area contributed by atoms with Crippen molar-refractivity contribution in [2.75, 3.05) is 39.8 Å². The summed E-state index contributed by atoms with van der Waals surface area (Å²) in [6.45, 7) is 4.52. The molecular weight excluding hydrogens is 298 g/mol. The first-order valence-electron chi connectivity index (χ1n) is 6.42. The Hall–Kier alpha value is -0.960. The van der Waals surface area contributed by atoms with Crippen molar-refractivity contribution in [2.24, 2.45) is 0 Å². The number of aryl methyl sites for hydroxylation is 1. The topological polar surface area (TPSA) is 69.7 Å². The van der Waals surface area contributed by atoms with Crippen molar-refractivity contribution in [3.8, 4) is 0 Å². The molecule has 20 heavy (non-hydrogen) atoms. The van der Waals surface area contributed by atoms with E-state index >= 15 is 0 Å². The number of carbonyl (C=O) groups is 1. The molecule has 0 aliphatic carbocycles.